The molecule has 0 spiro atoms. The van der Waals surface area contributed by atoms with Crippen molar-refractivity contribution in [3.63, 3.8) is 0 Å². The van der Waals surface area contributed by atoms with E-state index in [4.69, 9.17) is 11.2 Å². The second-order valence-electron chi connectivity index (χ2n) is 5.07. The average molecular weight is 312 g/mol. The quantitative estimate of drug-likeness (QED) is 0.487. The van der Waals surface area contributed by atoms with Crippen LogP contribution >= 0.6 is 0 Å². The van der Waals surface area contributed by atoms with Crippen molar-refractivity contribution in [2.45, 2.75) is 25.3 Å². The predicted molar refractivity (Wildman–Crippen MR) is 84.9 cm³/mol. The van der Waals surface area contributed by atoms with E-state index in [2.05, 4.69) is 17.8 Å². The number of methoxy groups -OCH3 is 1. The minimum absolute atomic E-state index is 0.0594. The van der Waals surface area contributed by atoms with Crippen LogP contribution in [-0.2, 0) is 0 Å². The lowest BCUT2D eigenvalue weighted by Gasteiger charge is -2.32. The summed E-state index contributed by atoms with van der Waals surface area (Å²) in [7, 11) is 1.33. The summed E-state index contributed by atoms with van der Waals surface area (Å²) in [6.07, 6.45) is 7.80. The summed E-state index contributed by atoms with van der Waals surface area (Å²) < 4.78 is 5.01. The Hall–Kier alpha value is -2.99. The van der Waals surface area contributed by atoms with Gasteiger partial charge in [0.15, 0.2) is 5.75 Å². The van der Waals surface area contributed by atoms with Gasteiger partial charge in [-0.15, -0.1) is 6.42 Å². The van der Waals surface area contributed by atoms with Gasteiger partial charge in [-0.05, 0) is 37.2 Å². The zero-order valence-corrected chi connectivity index (χ0v) is 12.7. The lowest BCUT2D eigenvalue weighted by molar-refractivity contribution is -0.385. The van der Waals surface area contributed by atoms with Gasteiger partial charge in [-0.2, -0.15) is 0 Å². The van der Waals surface area contributed by atoms with E-state index in [1.54, 1.807) is 4.90 Å². The van der Waals surface area contributed by atoms with E-state index in [1.165, 1.54) is 25.3 Å². The Kier molecular flexibility index (Phi) is 5.22. The first-order chi connectivity index (χ1) is 11.1. The number of ether oxygens (including phenoxy) is 1. The molecule has 0 aliphatic carbocycles. The van der Waals surface area contributed by atoms with E-state index in [0.29, 0.717) is 12.1 Å². The van der Waals surface area contributed by atoms with Crippen LogP contribution in [0, 0.1) is 34.3 Å². The summed E-state index contributed by atoms with van der Waals surface area (Å²) in [5.74, 6) is 7.57. The molecule has 0 N–H and O–H groups in total. The second-order valence-corrected chi connectivity index (χ2v) is 5.07. The van der Waals surface area contributed by atoms with Gasteiger partial charge in [-0.1, -0.05) is 5.92 Å². The van der Waals surface area contributed by atoms with Crippen molar-refractivity contribution in [3.05, 3.63) is 33.9 Å². The number of likely N-dealkylation sites (tertiary alicyclic amines) is 1. The van der Waals surface area contributed by atoms with Crippen LogP contribution in [0.3, 0.4) is 0 Å². The van der Waals surface area contributed by atoms with E-state index in [1.807, 2.05) is 0 Å². The van der Waals surface area contributed by atoms with Crippen LogP contribution in [-0.4, -0.2) is 35.4 Å². The van der Waals surface area contributed by atoms with Crippen LogP contribution in [0.2, 0.25) is 0 Å². The Bertz CT molecular complexity index is 724. The number of hydrogen-bond acceptors (Lipinski definition) is 4. The van der Waals surface area contributed by atoms with Crippen molar-refractivity contribution in [2.75, 3.05) is 13.7 Å². The van der Waals surface area contributed by atoms with Gasteiger partial charge >= 0.3 is 5.69 Å². The molecule has 1 heterocycles. The molecular formula is C17H16N2O4. The van der Waals surface area contributed by atoms with Gasteiger partial charge in [0.1, 0.15) is 0 Å². The highest BCUT2D eigenvalue weighted by molar-refractivity contribution is 5.95. The third-order valence-corrected chi connectivity index (χ3v) is 3.70. The number of nitro benzene ring substituents is 1. The number of rotatable bonds is 3. The Morgan fingerprint density at radius 2 is 2.26 bits per heavy atom. The number of amides is 1. The SMILES string of the molecule is C#CC#C[C@H]1CCCCN1C(=O)c1ccc([N+](=O)[O-])c(OC)c1. The van der Waals surface area contributed by atoms with E-state index in [9.17, 15) is 14.9 Å². The predicted octanol–water partition coefficient (Wildman–Crippen LogP) is 2.23. The molecule has 23 heavy (non-hydrogen) atoms. The van der Waals surface area contributed by atoms with E-state index < -0.39 is 4.92 Å². The normalized spacial score (nSPS) is 16.7. The molecule has 1 aromatic carbocycles. The molecule has 1 aliphatic rings. The molecule has 6 heteroatoms. The van der Waals surface area contributed by atoms with Crippen molar-refractivity contribution < 1.29 is 14.5 Å². The molecule has 1 saturated heterocycles. The fourth-order valence-corrected chi connectivity index (χ4v) is 2.58. The fraction of sp³-hybridized carbons (Fsp3) is 0.353. The number of nitro groups is 1. The Morgan fingerprint density at radius 3 is 2.91 bits per heavy atom. The number of carbonyl (C=O) groups excluding carboxylic acids is 1. The fourth-order valence-electron chi connectivity index (χ4n) is 2.58. The molecule has 0 saturated carbocycles. The van der Waals surface area contributed by atoms with Gasteiger partial charge in [-0.3, -0.25) is 14.9 Å². The Morgan fingerprint density at radius 1 is 1.48 bits per heavy atom. The molecule has 1 aromatic rings. The number of carbonyl (C=O) groups is 1. The van der Waals surface area contributed by atoms with E-state index >= 15 is 0 Å². The van der Waals surface area contributed by atoms with Crippen LogP contribution < -0.4 is 4.74 Å². The van der Waals surface area contributed by atoms with Gasteiger partial charge in [0.2, 0.25) is 0 Å². The highest BCUT2D eigenvalue weighted by Gasteiger charge is 2.27. The lowest BCUT2D eigenvalue weighted by Crippen LogP contribution is -2.43. The van der Waals surface area contributed by atoms with E-state index in [0.717, 1.165) is 19.3 Å². The lowest BCUT2D eigenvalue weighted by atomic mass is 10.0. The number of hydrogen-bond donors (Lipinski definition) is 0. The molecule has 0 aromatic heterocycles. The van der Waals surface area contributed by atoms with Crippen molar-refractivity contribution in [3.8, 4) is 29.9 Å². The van der Waals surface area contributed by atoms with Gasteiger partial charge in [-0.25, -0.2) is 0 Å². The number of benzene rings is 1. The maximum atomic E-state index is 12.7. The smallest absolute Gasteiger partial charge is 0.310 e. The third kappa shape index (κ3) is 3.61. The average Bonchev–Trinajstić information content (AvgIpc) is 2.58. The largest absolute Gasteiger partial charge is 0.490 e. The zero-order chi connectivity index (χ0) is 16.8. The first-order valence-corrected chi connectivity index (χ1v) is 7.18. The number of terminal acetylenes is 1. The highest BCUT2D eigenvalue weighted by atomic mass is 16.6. The van der Waals surface area contributed by atoms with Crippen molar-refractivity contribution in [1.29, 1.82) is 0 Å². The molecule has 1 fully saturated rings. The van der Waals surface area contributed by atoms with Crippen molar-refractivity contribution in [1.82, 2.24) is 4.90 Å². The van der Waals surface area contributed by atoms with Crippen LogP contribution in [0.25, 0.3) is 0 Å². The summed E-state index contributed by atoms with van der Waals surface area (Å²) in [4.78, 5) is 24.7. The maximum absolute atomic E-state index is 12.7. The van der Waals surface area contributed by atoms with Gasteiger partial charge in [0, 0.05) is 24.2 Å². The standard InChI is InChI=1S/C17H16N2O4/c1-3-4-7-14-8-5-6-11-18(14)17(20)13-9-10-15(19(21)22)16(12-13)23-2/h1,9-10,12,14H,5-6,8,11H2,2H3/t14-/m0/s1. The van der Waals surface area contributed by atoms with Crippen molar-refractivity contribution >= 4 is 11.6 Å². The Balaban J connectivity index is 2.31. The molecule has 1 atom stereocenters. The van der Waals surface area contributed by atoms with Crippen LogP contribution in [0.4, 0.5) is 5.69 Å². The molecule has 2 rings (SSSR count). The van der Waals surface area contributed by atoms with Crippen LogP contribution in [0.5, 0.6) is 5.75 Å². The first-order valence-electron chi connectivity index (χ1n) is 7.18. The minimum Gasteiger partial charge on any atom is -0.490 e. The third-order valence-electron chi connectivity index (χ3n) is 3.70. The monoisotopic (exact) mass is 312 g/mol. The molecule has 1 amide bonds. The molecule has 0 bridgehead atoms. The maximum Gasteiger partial charge on any atom is 0.310 e. The van der Waals surface area contributed by atoms with Gasteiger partial charge < -0.3 is 9.64 Å². The highest BCUT2D eigenvalue weighted by Crippen LogP contribution is 2.29. The van der Waals surface area contributed by atoms with Crippen LogP contribution in [0.1, 0.15) is 29.6 Å². The molecule has 0 unspecified atom stereocenters. The summed E-state index contributed by atoms with van der Waals surface area (Å²) in [5.41, 5.74) is 0.160. The minimum atomic E-state index is -0.546. The van der Waals surface area contributed by atoms with Gasteiger partial charge in [0.05, 0.1) is 18.1 Å². The van der Waals surface area contributed by atoms with Gasteiger partial charge in [0.25, 0.3) is 5.91 Å². The van der Waals surface area contributed by atoms with E-state index in [-0.39, 0.29) is 23.4 Å². The van der Waals surface area contributed by atoms with Crippen LogP contribution in [0.15, 0.2) is 18.2 Å². The van der Waals surface area contributed by atoms with Crippen molar-refractivity contribution in [2.24, 2.45) is 0 Å². The molecule has 1 aliphatic heterocycles. The molecule has 6 nitrogen and oxygen atoms in total. The summed E-state index contributed by atoms with van der Waals surface area (Å²) >= 11 is 0. The number of piperidine rings is 1. The second kappa shape index (κ2) is 7.33. The molecular weight excluding hydrogens is 296 g/mol. The molecule has 0 radical (unpaired) electrons. The number of nitrogens with zero attached hydrogens (tertiary/aromatic N) is 2. The summed E-state index contributed by atoms with van der Waals surface area (Å²) in [6, 6.07) is 3.87. The first kappa shape index (κ1) is 16.4. The Labute approximate surface area is 134 Å². The summed E-state index contributed by atoms with van der Waals surface area (Å²) in [6.45, 7) is 0.585. The zero-order valence-electron chi connectivity index (χ0n) is 12.7. The topological polar surface area (TPSA) is 72.7 Å². The summed E-state index contributed by atoms with van der Waals surface area (Å²) in [5, 5.41) is 10.9. The molecule has 118 valence electrons.